The number of hydrogen-bond acceptors (Lipinski definition) is 2. The molecule has 3 rings (SSSR count). The summed E-state index contributed by atoms with van der Waals surface area (Å²) < 4.78 is 0.999. The van der Waals surface area contributed by atoms with E-state index in [2.05, 4.69) is 59.8 Å². The molecule has 122 valence electrons. The van der Waals surface area contributed by atoms with E-state index in [4.69, 9.17) is 0 Å². The Bertz CT molecular complexity index is 835. The molecule has 0 unspecified atom stereocenters. The first-order chi connectivity index (χ1) is 11.7. The van der Waals surface area contributed by atoms with Crippen molar-refractivity contribution in [3.05, 3.63) is 95.2 Å². The summed E-state index contributed by atoms with van der Waals surface area (Å²) in [5.41, 5.74) is 6.82. The first-order valence-corrected chi connectivity index (χ1v) is 8.81. The molecule has 1 aliphatic rings. The molecule has 0 spiro atoms. The summed E-state index contributed by atoms with van der Waals surface area (Å²) in [4.78, 5) is 0. The van der Waals surface area contributed by atoms with E-state index in [1.54, 1.807) is 6.08 Å². The van der Waals surface area contributed by atoms with Crippen molar-refractivity contribution in [2.24, 2.45) is 0 Å². The maximum Gasteiger partial charge on any atom is 0.0703 e. The Morgan fingerprint density at radius 1 is 1.21 bits per heavy atom. The standard InChI is InChI=1S/C21H20BrNO/c1-3-8-20(22)21-15(4-2)10-7-12-18(21)19-14-23(24)13-16-9-5-6-11-17(16)19/h3,5-12,14,24H,1,4,13H2,2H3. The van der Waals surface area contributed by atoms with Gasteiger partial charge in [0.1, 0.15) is 0 Å². The van der Waals surface area contributed by atoms with Gasteiger partial charge in [-0.25, -0.2) is 0 Å². The average Bonchev–Trinajstić information content (AvgIpc) is 2.60. The molecule has 0 aliphatic carbocycles. The number of rotatable bonds is 4. The van der Waals surface area contributed by atoms with Crippen LogP contribution in [0.15, 0.2) is 67.4 Å². The van der Waals surface area contributed by atoms with Crippen LogP contribution in [0.2, 0.25) is 0 Å². The third-order valence-corrected chi connectivity index (χ3v) is 4.90. The van der Waals surface area contributed by atoms with E-state index in [0.29, 0.717) is 6.54 Å². The summed E-state index contributed by atoms with van der Waals surface area (Å²) in [7, 11) is 0. The Morgan fingerprint density at radius 3 is 2.71 bits per heavy atom. The molecule has 1 heterocycles. The second-order valence-corrected chi connectivity index (χ2v) is 6.60. The molecule has 2 aromatic carbocycles. The Morgan fingerprint density at radius 2 is 1.96 bits per heavy atom. The van der Waals surface area contributed by atoms with Crippen molar-refractivity contribution < 1.29 is 5.21 Å². The van der Waals surface area contributed by atoms with Gasteiger partial charge in [0.05, 0.1) is 6.54 Å². The monoisotopic (exact) mass is 381 g/mol. The molecule has 1 aliphatic heterocycles. The molecule has 0 fully saturated rings. The number of fused-ring (bicyclic) bond motifs is 1. The fraction of sp³-hybridized carbons (Fsp3) is 0.143. The van der Waals surface area contributed by atoms with E-state index in [-0.39, 0.29) is 0 Å². The zero-order valence-electron chi connectivity index (χ0n) is 13.7. The zero-order chi connectivity index (χ0) is 17.1. The third kappa shape index (κ3) is 3.10. The second kappa shape index (κ2) is 7.20. The van der Waals surface area contributed by atoms with Crippen LogP contribution in [0.25, 0.3) is 10.1 Å². The van der Waals surface area contributed by atoms with Gasteiger partial charge in [-0.05, 0) is 40.3 Å². The van der Waals surface area contributed by atoms with E-state index in [9.17, 15) is 5.21 Å². The molecule has 0 aromatic heterocycles. The maximum atomic E-state index is 10.2. The molecular formula is C21H20BrNO. The largest absolute Gasteiger partial charge is 0.289 e. The number of hydrogen-bond donors (Lipinski definition) is 1. The molecule has 2 nitrogen and oxygen atoms in total. The van der Waals surface area contributed by atoms with E-state index >= 15 is 0 Å². The van der Waals surface area contributed by atoms with Gasteiger partial charge in [-0.2, -0.15) is 0 Å². The minimum Gasteiger partial charge on any atom is -0.289 e. The second-order valence-electron chi connectivity index (χ2n) is 5.74. The van der Waals surface area contributed by atoms with Gasteiger partial charge in [-0.3, -0.25) is 10.3 Å². The van der Waals surface area contributed by atoms with Gasteiger partial charge in [-0.15, -0.1) is 0 Å². The van der Waals surface area contributed by atoms with E-state index in [1.807, 2.05) is 24.4 Å². The summed E-state index contributed by atoms with van der Waals surface area (Å²) in [6.07, 6.45) is 6.49. The fourth-order valence-corrected chi connectivity index (χ4v) is 3.82. The van der Waals surface area contributed by atoms with Crippen molar-refractivity contribution in [2.45, 2.75) is 19.9 Å². The molecule has 2 aromatic rings. The highest BCUT2D eigenvalue weighted by Crippen LogP contribution is 2.38. The molecule has 0 atom stereocenters. The predicted octanol–water partition coefficient (Wildman–Crippen LogP) is 5.76. The zero-order valence-corrected chi connectivity index (χ0v) is 15.3. The van der Waals surface area contributed by atoms with E-state index < -0.39 is 0 Å². The number of halogens is 1. The number of aryl methyl sites for hydroxylation is 1. The lowest BCUT2D eigenvalue weighted by molar-refractivity contribution is -0.0499. The Balaban J connectivity index is 2.26. The highest BCUT2D eigenvalue weighted by atomic mass is 79.9. The van der Waals surface area contributed by atoms with Crippen molar-refractivity contribution in [3.8, 4) is 0 Å². The van der Waals surface area contributed by atoms with Crippen LogP contribution >= 0.6 is 15.9 Å². The van der Waals surface area contributed by atoms with Gasteiger partial charge in [0.2, 0.25) is 0 Å². The van der Waals surface area contributed by atoms with Gasteiger partial charge in [-0.1, -0.05) is 78.0 Å². The van der Waals surface area contributed by atoms with Crippen molar-refractivity contribution in [1.29, 1.82) is 0 Å². The normalized spacial score (nSPS) is 14.2. The van der Waals surface area contributed by atoms with E-state index in [1.165, 1.54) is 10.6 Å². The lowest BCUT2D eigenvalue weighted by atomic mass is 9.87. The van der Waals surface area contributed by atoms with Crippen LogP contribution in [0, 0.1) is 0 Å². The predicted molar refractivity (Wildman–Crippen MR) is 104 cm³/mol. The van der Waals surface area contributed by atoms with Crippen molar-refractivity contribution >= 4 is 26.0 Å². The summed E-state index contributed by atoms with van der Waals surface area (Å²) in [6.45, 7) is 6.46. The number of hydroxylamine groups is 2. The van der Waals surface area contributed by atoms with Crippen LogP contribution in [0.5, 0.6) is 0 Å². The van der Waals surface area contributed by atoms with Crippen LogP contribution in [-0.2, 0) is 13.0 Å². The molecule has 0 bridgehead atoms. The molecule has 0 radical (unpaired) electrons. The van der Waals surface area contributed by atoms with Crippen LogP contribution in [-0.4, -0.2) is 10.3 Å². The van der Waals surface area contributed by atoms with Crippen LogP contribution in [0.3, 0.4) is 0 Å². The van der Waals surface area contributed by atoms with Crippen molar-refractivity contribution in [3.63, 3.8) is 0 Å². The number of allylic oxidation sites excluding steroid dienone is 2. The Hall–Kier alpha value is -2.10. The first-order valence-electron chi connectivity index (χ1n) is 8.02. The average molecular weight is 382 g/mol. The molecule has 24 heavy (non-hydrogen) atoms. The Labute approximate surface area is 151 Å². The number of benzene rings is 2. The van der Waals surface area contributed by atoms with E-state index in [0.717, 1.165) is 38.7 Å². The number of nitrogens with zero attached hydrogens (tertiary/aromatic N) is 1. The molecule has 3 heteroatoms. The molecule has 0 saturated heterocycles. The van der Waals surface area contributed by atoms with Crippen LogP contribution < -0.4 is 0 Å². The molecule has 1 N–H and O–H groups in total. The van der Waals surface area contributed by atoms with Crippen molar-refractivity contribution in [1.82, 2.24) is 5.06 Å². The highest BCUT2D eigenvalue weighted by Gasteiger charge is 2.21. The summed E-state index contributed by atoms with van der Waals surface area (Å²) >= 11 is 3.70. The summed E-state index contributed by atoms with van der Waals surface area (Å²) in [6, 6.07) is 14.5. The lowest BCUT2D eigenvalue weighted by Gasteiger charge is -2.26. The SMILES string of the molecule is C=CC=C(Br)c1c(CC)cccc1C1=CN(O)Cc2ccccc21. The maximum absolute atomic E-state index is 10.2. The molecule has 0 saturated carbocycles. The highest BCUT2D eigenvalue weighted by molar-refractivity contribution is 9.15. The van der Waals surface area contributed by atoms with Gasteiger partial charge < -0.3 is 0 Å². The fourth-order valence-electron chi connectivity index (χ4n) is 3.16. The smallest absolute Gasteiger partial charge is 0.0703 e. The topological polar surface area (TPSA) is 23.5 Å². The lowest BCUT2D eigenvalue weighted by Crippen LogP contribution is -2.18. The van der Waals surface area contributed by atoms with Crippen LogP contribution in [0.4, 0.5) is 0 Å². The third-order valence-electron chi connectivity index (χ3n) is 4.24. The van der Waals surface area contributed by atoms with Crippen LogP contribution in [0.1, 0.15) is 34.7 Å². The minimum absolute atomic E-state index is 0.506. The van der Waals surface area contributed by atoms with Gasteiger partial charge in [0.25, 0.3) is 0 Å². The first kappa shape index (κ1) is 16.7. The quantitative estimate of drug-likeness (QED) is 0.679. The summed E-state index contributed by atoms with van der Waals surface area (Å²) in [5, 5.41) is 11.4. The van der Waals surface area contributed by atoms with Gasteiger partial charge in [0.15, 0.2) is 0 Å². The minimum atomic E-state index is 0.506. The summed E-state index contributed by atoms with van der Waals surface area (Å²) in [5.74, 6) is 0. The molecule has 0 amide bonds. The van der Waals surface area contributed by atoms with Gasteiger partial charge in [0, 0.05) is 16.3 Å². The van der Waals surface area contributed by atoms with Gasteiger partial charge >= 0.3 is 0 Å². The van der Waals surface area contributed by atoms with Crippen molar-refractivity contribution in [2.75, 3.05) is 0 Å². The Kier molecular flexibility index (Phi) is 5.03. The molecular weight excluding hydrogens is 362 g/mol.